The normalized spacial score (nSPS) is 20.7. The summed E-state index contributed by atoms with van der Waals surface area (Å²) in [7, 11) is 1.56. The lowest BCUT2D eigenvalue weighted by molar-refractivity contribution is -0.133. The van der Waals surface area contributed by atoms with Gasteiger partial charge in [-0.2, -0.15) is 0 Å². The predicted molar refractivity (Wildman–Crippen MR) is 145 cm³/mol. The molecular formula is C29H38N4O7. The van der Waals surface area contributed by atoms with Crippen LogP contribution in [-0.4, -0.2) is 66.1 Å². The van der Waals surface area contributed by atoms with Crippen molar-refractivity contribution < 1.29 is 33.2 Å². The molecule has 3 N–H and O–H groups in total. The molecule has 2 aliphatic rings. The van der Waals surface area contributed by atoms with Crippen molar-refractivity contribution >= 4 is 23.5 Å². The SMILES string of the molecule is COc1ccc(C[C@H](NC(=O)[C@@H](C)NC(=O)c2oncc2C)C(=O)N[C@@H](CC2CCCC2)C(=O)[C@@]2(C)CO2)cc1. The van der Waals surface area contributed by atoms with Crippen LogP contribution in [0.2, 0.25) is 0 Å². The summed E-state index contributed by atoms with van der Waals surface area (Å²) in [5.74, 6) is -0.756. The number of methoxy groups -OCH3 is 1. The summed E-state index contributed by atoms with van der Waals surface area (Å²) in [6.45, 7) is 5.25. The van der Waals surface area contributed by atoms with Gasteiger partial charge in [0.05, 0.1) is 26.0 Å². The average molecular weight is 555 g/mol. The molecule has 1 aliphatic carbocycles. The van der Waals surface area contributed by atoms with Crippen LogP contribution in [0.1, 0.15) is 67.6 Å². The monoisotopic (exact) mass is 554 g/mol. The van der Waals surface area contributed by atoms with Crippen molar-refractivity contribution in [1.29, 1.82) is 0 Å². The molecule has 1 saturated carbocycles. The Labute approximate surface area is 233 Å². The van der Waals surface area contributed by atoms with Gasteiger partial charge in [0.25, 0.3) is 5.91 Å². The summed E-state index contributed by atoms with van der Waals surface area (Å²) in [6, 6.07) is 4.47. The topological polar surface area (TPSA) is 152 Å². The van der Waals surface area contributed by atoms with Crippen LogP contribution in [0.3, 0.4) is 0 Å². The number of amides is 3. The van der Waals surface area contributed by atoms with E-state index < -0.39 is 41.4 Å². The van der Waals surface area contributed by atoms with E-state index >= 15 is 0 Å². The fourth-order valence-electron chi connectivity index (χ4n) is 5.04. The van der Waals surface area contributed by atoms with Gasteiger partial charge in [-0.3, -0.25) is 19.2 Å². The van der Waals surface area contributed by atoms with Gasteiger partial charge in [0.15, 0.2) is 5.78 Å². The van der Waals surface area contributed by atoms with Gasteiger partial charge in [0.2, 0.25) is 17.6 Å². The van der Waals surface area contributed by atoms with Crippen molar-refractivity contribution in [2.75, 3.05) is 13.7 Å². The van der Waals surface area contributed by atoms with Gasteiger partial charge in [-0.1, -0.05) is 43.0 Å². The third-order valence-corrected chi connectivity index (χ3v) is 7.70. The number of carbonyl (C=O) groups is 4. The zero-order valence-corrected chi connectivity index (χ0v) is 23.5. The number of ether oxygens (including phenoxy) is 2. The Hall–Kier alpha value is -3.73. The number of carbonyl (C=O) groups excluding carboxylic acids is 4. The quantitative estimate of drug-likeness (QED) is 0.319. The van der Waals surface area contributed by atoms with Crippen LogP contribution in [0.15, 0.2) is 35.0 Å². The number of aromatic nitrogens is 1. The fourth-order valence-corrected chi connectivity index (χ4v) is 5.04. The van der Waals surface area contributed by atoms with Crippen LogP contribution < -0.4 is 20.7 Å². The first-order chi connectivity index (χ1) is 19.1. The summed E-state index contributed by atoms with van der Waals surface area (Å²) in [5.41, 5.74) is 0.433. The standard InChI is InChI=1S/C29H38N4O7/c1-17-15-30-40-24(17)28(37)31-18(2)26(35)33-23(14-20-9-11-21(38-4)12-10-20)27(36)32-22(13-19-7-5-6-8-19)25(34)29(3)16-39-29/h9-12,15,18-19,22-23H,5-8,13-14,16H2,1-4H3,(H,31,37)(H,32,36)(H,33,35)/t18-,22+,23+,29-/m1/s1. The summed E-state index contributed by atoms with van der Waals surface area (Å²) in [5, 5.41) is 11.9. The van der Waals surface area contributed by atoms with Gasteiger partial charge >= 0.3 is 0 Å². The summed E-state index contributed by atoms with van der Waals surface area (Å²) in [6.07, 6.45) is 6.38. The molecule has 0 radical (unpaired) electrons. The van der Waals surface area contributed by atoms with Crippen molar-refractivity contribution in [1.82, 2.24) is 21.1 Å². The van der Waals surface area contributed by atoms with Crippen LogP contribution in [0, 0.1) is 12.8 Å². The second kappa shape index (κ2) is 12.6. The molecular weight excluding hydrogens is 516 g/mol. The van der Waals surface area contributed by atoms with Crippen molar-refractivity contribution in [2.45, 2.75) is 83.0 Å². The number of hydrogen-bond acceptors (Lipinski definition) is 8. The number of ketones is 1. The van der Waals surface area contributed by atoms with E-state index in [4.69, 9.17) is 14.0 Å². The van der Waals surface area contributed by atoms with E-state index in [1.807, 2.05) is 12.1 Å². The van der Waals surface area contributed by atoms with E-state index in [2.05, 4.69) is 21.1 Å². The number of nitrogens with zero attached hydrogens (tertiary/aromatic N) is 1. The van der Waals surface area contributed by atoms with Crippen LogP contribution in [0.25, 0.3) is 0 Å². The third-order valence-electron chi connectivity index (χ3n) is 7.70. The third kappa shape index (κ3) is 7.26. The van der Waals surface area contributed by atoms with Crippen molar-refractivity contribution in [3.8, 4) is 5.75 Å². The molecule has 4 atom stereocenters. The van der Waals surface area contributed by atoms with Crippen molar-refractivity contribution in [2.24, 2.45) is 5.92 Å². The highest BCUT2D eigenvalue weighted by atomic mass is 16.6. The summed E-state index contributed by atoms with van der Waals surface area (Å²) >= 11 is 0. The van der Waals surface area contributed by atoms with Gasteiger partial charge in [0, 0.05) is 12.0 Å². The van der Waals surface area contributed by atoms with E-state index in [9.17, 15) is 19.2 Å². The van der Waals surface area contributed by atoms with Crippen molar-refractivity contribution in [3.05, 3.63) is 47.3 Å². The lowest BCUT2D eigenvalue weighted by Gasteiger charge is -2.26. The van der Waals surface area contributed by atoms with Crippen LogP contribution in [0.4, 0.5) is 0 Å². The minimum Gasteiger partial charge on any atom is -0.497 e. The highest BCUT2D eigenvalue weighted by molar-refractivity contribution is 5.99. The molecule has 3 amide bonds. The number of rotatable bonds is 13. The second-order valence-corrected chi connectivity index (χ2v) is 11.0. The maximum Gasteiger partial charge on any atom is 0.290 e. The number of benzene rings is 1. The number of Topliss-reactive ketones (excluding diaryl/α,β-unsaturated/α-hetero) is 1. The average Bonchev–Trinajstić information content (AvgIpc) is 3.28. The van der Waals surface area contributed by atoms with Gasteiger partial charge in [-0.05, 0) is 50.8 Å². The Morgan fingerprint density at radius 1 is 1.05 bits per heavy atom. The Morgan fingerprint density at radius 2 is 1.70 bits per heavy atom. The molecule has 2 heterocycles. The van der Waals surface area contributed by atoms with Gasteiger partial charge in [0.1, 0.15) is 23.4 Å². The number of aryl methyl sites for hydroxylation is 1. The van der Waals surface area contributed by atoms with Crippen molar-refractivity contribution in [3.63, 3.8) is 0 Å². The molecule has 4 rings (SSSR count). The first kappa shape index (κ1) is 29.3. The molecule has 216 valence electrons. The Morgan fingerprint density at radius 3 is 2.27 bits per heavy atom. The summed E-state index contributed by atoms with van der Waals surface area (Å²) < 4.78 is 15.6. The molecule has 11 nitrogen and oxygen atoms in total. The van der Waals surface area contributed by atoms with E-state index in [1.54, 1.807) is 33.1 Å². The first-order valence-corrected chi connectivity index (χ1v) is 13.7. The van der Waals surface area contributed by atoms with Gasteiger partial charge in [-0.25, -0.2) is 0 Å². The Balaban J connectivity index is 1.49. The zero-order chi connectivity index (χ0) is 28.9. The predicted octanol–water partition coefficient (Wildman–Crippen LogP) is 2.26. The van der Waals surface area contributed by atoms with Crippen LogP contribution in [-0.2, 0) is 25.5 Å². The Kier molecular flexibility index (Phi) is 9.24. The van der Waals surface area contributed by atoms with E-state index in [-0.39, 0.29) is 18.0 Å². The number of hydrogen-bond donors (Lipinski definition) is 3. The smallest absolute Gasteiger partial charge is 0.290 e. The second-order valence-electron chi connectivity index (χ2n) is 11.0. The maximum absolute atomic E-state index is 13.7. The fraction of sp³-hybridized carbons (Fsp3) is 0.552. The van der Waals surface area contributed by atoms with E-state index in [1.165, 1.54) is 13.1 Å². The Bertz CT molecular complexity index is 1220. The molecule has 0 spiro atoms. The largest absolute Gasteiger partial charge is 0.497 e. The molecule has 11 heteroatoms. The maximum atomic E-state index is 13.7. The van der Waals surface area contributed by atoms with Crippen LogP contribution in [0.5, 0.6) is 5.75 Å². The minimum absolute atomic E-state index is 0.0104. The molecule has 2 aromatic rings. The van der Waals surface area contributed by atoms with Gasteiger partial charge in [-0.15, -0.1) is 0 Å². The highest BCUT2D eigenvalue weighted by Gasteiger charge is 2.50. The molecule has 1 aromatic heterocycles. The van der Waals surface area contributed by atoms with E-state index in [0.717, 1.165) is 31.2 Å². The molecule has 1 aromatic carbocycles. The highest BCUT2D eigenvalue weighted by Crippen LogP contribution is 2.33. The molecule has 2 fully saturated rings. The van der Waals surface area contributed by atoms with E-state index in [0.29, 0.717) is 30.3 Å². The molecule has 1 saturated heterocycles. The number of nitrogens with one attached hydrogen (secondary N) is 3. The lowest BCUT2D eigenvalue weighted by atomic mass is 9.90. The first-order valence-electron chi connectivity index (χ1n) is 13.7. The van der Waals surface area contributed by atoms with Crippen LogP contribution >= 0.6 is 0 Å². The lowest BCUT2D eigenvalue weighted by Crippen LogP contribution is -2.57. The molecule has 0 unspecified atom stereocenters. The molecule has 0 bridgehead atoms. The van der Waals surface area contributed by atoms with Gasteiger partial charge < -0.3 is 29.9 Å². The number of epoxide rings is 1. The molecule has 40 heavy (non-hydrogen) atoms. The molecule has 1 aliphatic heterocycles. The minimum atomic E-state index is -1.00. The summed E-state index contributed by atoms with van der Waals surface area (Å²) in [4.78, 5) is 52.6. The zero-order valence-electron chi connectivity index (χ0n) is 23.5.